The van der Waals surface area contributed by atoms with Gasteiger partial charge in [0.2, 0.25) is 9.23 Å². The first-order chi connectivity index (χ1) is 12.0. The van der Waals surface area contributed by atoms with Crippen molar-refractivity contribution in [1.82, 2.24) is 9.97 Å². The van der Waals surface area contributed by atoms with E-state index < -0.39 is 20.4 Å². The molecule has 26 heavy (non-hydrogen) atoms. The molecular formula is C12H5Cl7N2O4S. The zero-order valence-corrected chi connectivity index (χ0v) is 18.0. The Morgan fingerprint density at radius 2 is 1.23 bits per heavy atom. The van der Waals surface area contributed by atoms with Gasteiger partial charge in [-0.3, -0.25) is 4.79 Å². The highest BCUT2D eigenvalue weighted by molar-refractivity contribution is 8.26. The number of nitrogens with zero attached hydrogens (tertiary/aromatic N) is 2. The maximum absolute atomic E-state index is 10.6. The van der Waals surface area contributed by atoms with Crippen LogP contribution in [0.5, 0.6) is 0 Å². The highest BCUT2D eigenvalue weighted by Gasteiger charge is 2.09. The van der Waals surface area contributed by atoms with Crippen molar-refractivity contribution in [1.29, 1.82) is 0 Å². The van der Waals surface area contributed by atoms with Crippen LogP contribution in [0.15, 0.2) is 24.5 Å². The fourth-order valence-corrected chi connectivity index (χ4v) is 2.21. The number of carbonyl (C=O) groups excluding carboxylic acids is 1. The average molecular weight is 521 g/mol. The Morgan fingerprint density at radius 1 is 0.885 bits per heavy atom. The number of hydrogen-bond donors (Lipinski definition) is 1. The minimum absolute atomic E-state index is 0.0453. The lowest BCUT2D eigenvalue weighted by Gasteiger charge is -1.96. The van der Waals surface area contributed by atoms with Gasteiger partial charge in [-0.15, -0.1) is 0 Å². The van der Waals surface area contributed by atoms with E-state index >= 15 is 0 Å². The van der Waals surface area contributed by atoms with Crippen molar-refractivity contribution >= 4 is 99.8 Å². The van der Waals surface area contributed by atoms with Gasteiger partial charge in [0.1, 0.15) is 10.3 Å². The quantitative estimate of drug-likeness (QED) is 0.391. The molecule has 14 heteroatoms. The lowest BCUT2D eigenvalue weighted by Crippen LogP contribution is -1.97. The molecule has 0 fully saturated rings. The molecule has 0 atom stereocenters. The molecule has 0 aliphatic rings. The largest absolute Gasteiger partial charge is 0.478 e. The Bertz CT molecular complexity index is 757. The molecule has 0 spiro atoms. The van der Waals surface area contributed by atoms with Crippen LogP contribution in [0.3, 0.4) is 0 Å². The molecule has 0 radical (unpaired) electrons. The molecule has 0 aliphatic carbocycles. The Labute approximate surface area is 183 Å². The van der Waals surface area contributed by atoms with Crippen LogP contribution in [0.25, 0.3) is 0 Å². The van der Waals surface area contributed by atoms with Crippen LogP contribution < -0.4 is 0 Å². The van der Waals surface area contributed by atoms with Crippen LogP contribution >= 0.6 is 79.4 Å². The summed E-state index contributed by atoms with van der Waals surface area (Å²) in [5, 5.41) is 8.57. The molecular weight excluding hydrogens is 516 g/mol. The summed E-state index contributed by atoms with van der Waals surface area (Å²) < 4.78 is 9.09. The molecule has 2 heterocycles. The minimum atomic E-state index is -1.67. The summed E-state index contributed by atoms with van der Waals surface area (Å²) in [4.78, 5) is 28.1. The topological polar surface area (TPSA) is 97.2 Å². The Balaban J connectivity index is 0.000000401. The van der Waals surface area contributed by atoms with Crippen molar-refractivity contribution in [3.8, 4) is 0 Å². The number of pyridine rings is 2. The number of rotatable bonds is 2. The van der Waals surface area contributed by atoms with Gasteiger partial charge in [0.15, 0.2) is 0 Å². The summed E-state index contributed by atoms with van der Waals surface area (Å²) in [7, 11) is 7.36. The SMILES string of the molecule is O=C(Cl)c1cnc(Cl)cc1Cl.O=C(O)c1cnc(Cl)cc1Cl.O=S(Cl)Cl. The van der Waals surface area contributed by atoms with E-state index in [4.69, 9.17) is 67.3 Å². The fourth-order valence-electron chi connectivity index (χ4n) is 1.12. The number of aromatic carboxylic acids is 1. The molecule has 0 bridgehead atoms. The van der Waals surface area contributed by atoms with Gasteiger partial charge in [0.25, 0.3) is 5.24 Å². The predicted octanol–water partition coefficient (Wildman–Crippen LogP) is 5.90. The van der Waals surface area contributed by atoms with E-state index in [-0.39, 0.29) is 31.5 Å². The zero-order valence-electron chi connectivity index (χ0n) is 11.9. The van der Waals surface area contributed by atoms with Gasteiger partial charge in [-0.1, -0.05) is 46.4 Å². The van der Waals surface area contributed by atoms with E-state index in [1.807, 2.05) is 0 Å². The minimum Gasteiger partial charge on any atom is -0.478 e. The van der Waals surface area contributed by atoms with Crippen LogP contribution in [0.2, 0.25) is 20.4 Å². The van der Waals surface area contributed by atoms with E-state index in [0.29, 0.717) is 0 Å². The molecule has 2 rings (SSSR count). The van der Waals surface area contributed by atoms with E-state index in [2.05, 4.69) is 31.3 Å². The van der Waals surface area contributed by atoms with Gasteiger partial charge in [-0.05, 0) is 23.7 Å². The summed E-state index contributed by atoms with van der Waals surface area (Å²) in [5.74, 6) is -1.11. The Hall–Kier alpha value is -0.380. The summed E-state index contributed by atoms with van der Waals surface area (Å²) >= 11 is 27.2. The Kier molecular flexibility index (Phi) is 12.7. The molecule has 0 aliphatic heterocycles. The zero-order chi connectivity index (χ0) is 20.4. The van der Waals surface area contributed by atoms with Gasteiger partial charge in [0.05, 0.1) is 21.2 Å². The lowest BCUT2D eigenvalue weighted by atomic mass is 10.3. The second kappa shape index (κ2) is 12.9. The highest BCUT2D eigenvalue weighted by atomic mass is 36.0. The van der Waals surface area contributed by atoms with E-state index in [0.717, 1.165) is 6.20 Å². The number of hydrogen-bond acceptors (Lipinski definition) is 5. The van der Waals surface area contributed by atoms with Gasteiger partial charge in [0, 0.05) is 33.8 Å². The molecule has 1 N–H and O–H groups in total. The third-order valence-corrected chi connectivity index (χ3v) is 3.32. The van der Waals surface area contributed by atoms with E-state index in [9.17, 15) is 9.59 Å². The molecule has 2 aromatic rings. The van der Waals surface area contributed by atoms with Gasteiger partial charge in [-0.2, -0.15) is 0 Å². The lowest BCUT2D eigenvalue weighted by molar-refractivity contribution is 0.0696. The normalized spacial score (nSPS) is 9.54. The third-order valence-electron chi connectivity index (χ3n) is 2.08. The number of halogens is 7. The van der Waals surface area contributed by atoms with E-state index in [1.165, 1.54) is 18.3 Å². The Morgan fingerprint density at radius 3 is 1.50 bits per heavy atom. The van der Waals surface area contributed by atoms with Crippen LogP contribution in [0, 0.1) is 0 Å². The van der Waals surface area contributed by atoms with Crippen LogP contribution in [0.1, 0.15) is 20.7 Å². The first kappa shape index (κ1) is 25.6. The molecule has 0 amide bonds. The second-order valence-electron chi connectivity index (χ2n) is 3.74. The summed E-state index contributed by atoms with van der Waals surface area (Å²) in [6, 6.07) is 2.64. The predicted molar refractivity (Wildman–Crippen MR) is 106 cm³/mol. The maximum atomic E-state index is 10.6. The molecule has 0 aromatic carbocycles. The van der Waals surface area contributed by atoms with Gasteiger partial charge in [-0.25, -0.2) is 19.0 Å². The van der Waals surface area contributed by atoms with Crippen molar-refractivity contribution in [2.24, 2.45) is 0 Å². The number of carboxylic acid groups (broad SMARTS) is 1. The van der Waals surface area contributed by atoms with Crippen molar-refractivity contribution in [3.63, 3.8) is 0 Å². The molecule has 6 nitrogen and oxygen atoms in total. The van der Waals surface area contributed by atoms with Crippen LogP contribution in [0.4, 0.5) is 0 Å². The van der Waals surface area contributed by atoms with E-state index in [1.54, 1.807) is 0 Å². The highest BCUT2D eigenvalue weighted by Crippen LogP contribution is 2.20. The summed E-state index contributed by atoms with van der Waals surface area (Å²) in [5.41, 5.74) is 0.119. The monoisotopic (exact) mass is 518 g/mol. The number of aromatic nitrogens is 2. The van der Waals surface area contributed by atoms with Crippen LogP contribution in [-0.2, 0) is 9.23 Å². The van der Waals surface area contributed by atoms with Crippen LogP contribution in [-0.4, -0.2) is 30.5 Å². The number of carboxylic acids is 1. The summed E-state index contributed by atoms with van der Waals surface area (Å²) in [6.45, 7) is 0. The van der Waals surface area contributed by atoms with Gasteiger partial charge < -0.3 is 5.11 Å². The third kappa shape index (κ3) is 10.7. The van der Waals surface area contributed by atoms with Crippen molar-refractivity contribution in [2.75, 3.05) is 0 Å². The second-order valence-corrected chi connectivity index (χ2v) is 8.19. The molecule has 142 valence electrons. The fraction of sp³-hybridized carbons (Fsp3) is 0. The number of carbonyl (C=O) groups is 2. The first-order valence-electron chi connectivity index (χ1n) is 5.75. The van der Waals surface area contributed by atoms with Crippen molar-refractivity contribution < 1.29 is 18.9 Å². The standard InChI is InChI=1S/C6H2Cl3NO.C6H3Cl2NO2.Cl2OS/c7-4-1-5(8)10-2-3(4)6(9)11;7-4-1-5(8)9-2-3(4)6(10)11;1-4(2)3/h1-2H;1-2H,(H,10,11);. The molecule has 0 saturated carbocycles. The van der Waals surface area contributed by atoms with Crippen molar-refractivity contribution in [3.05, 3.63) is 56.0 Å². The van der Waals surface area contributed by atoms with Crippen molar-refractivity contribution in [2.45, 2.75) is 0 Å². The smallest absolute Gasteiger partial charge is 0.338 e. The van der Waals surface area contributed by atoms with Gasteiger partial charge >= 0.3 is 5.97 Å². The first-order valence-corrected chi connectivity index (χ1v) is 10.4. The molecule has 0 unspecified atom stereocenters. The molecule has 0 saturated heterocycles. The average Bonchev–Trinajstić information content (AvgIpc) is 2.46. The summed E-state index contributed by atoms with van der Waals surface area (Å²) in [6.07, 6.45) is 2.35. The maximum Gasteiger partial charge on any atom is 0.338 e. The molecule has 2 aromatic heterocycles.